The van der Waals surface area contributed by atoms with Gasteiger partial charge in [0.2, 0.25) is 0 Å². The number of anilines is 1. The minimum Gasteiger partial charge on any atom is -0.379 e. The molecule has 2 aromatic heterocycles. The molecule has 3 aromatic rings. The molecule has 8 heteroatoms. The Morgan fingerprint density at radius 1 is 1.11 bits per heavy atom. The van der Waals surface area contributed by atoms with E-state index in [4.69, 9.17) is 4.74 Å². The van der Waals surface area contributed by atoms with E-state index in [0.29, 0.717) is 23.9 Å². The molecule has 0 bridgehead atoms. The molecule has 1 amide bonds. The first-order valence-electron chi connectivity index (χ1n) is 9.51. The van der Waals surface area contributed by atoms with Crippen molar-refractivity contribution in [1.82, 2.24) is 25.2 Å². The molecule has 0 radical (unpaired) electrons. The number of morpholine rings is 1. The highest BCUT2D eigenvalue weighted by atomic mass is 16.5. The SMILES string of the molecule is O=C(NCc1nc2ccccc2[nH]1)c1cccc(NCCN2CCOCC2)n1. The van der Waals surface area contributed by atoms with E-state index >= 15 is 0 Å². The van der Waals surface area contributed by atoms with Crippen molar-refractivity contribution in [2.45, 2.75) is 6.54 Å². The monoisotopic (exact) mass is 380 g/mol. The molecule has 28 heavy (non-hydrogen) atoms. The van der Waals surface area contributed by atoms with Gasteiger partial charge in [-0.15, -0.1) is 0 Å². The summed E-state index contributed by atoms with van der Waals surface area (Å²) in [5, 5.41) is 6.15. The number of benzene rings is 1. The summed E-state index contributed by atoms with van der Waals surface area (Å²) in [5.41, 5.74) is 2.22. The van der Waals surface area contributed by atoms with Gasteiger partial charge in [0.05, 0.1) is 30.8 Å². The molecule has 1 aliphatic rings. The number of pyridine rings is 1. The Hall–Kier alpha value is -2.97. The van der Waals surface area contributed by atoms with Gasteiger partial charge < -0.3 is 20.4 Å². The van der Waals surface area contributed by atoms with Crippen molar-refractivity contribution >= 4 is 22.8 Å². The first kappa shape index (κ1) is 18.4. The first-order chi connectivity index (χ1) is 13.8. The van der Waals surface area contributed by atoms with Gasteiger partial charge in [0.25, 0.3) is 5.91 Å². The number of nitrogens with zero attached hydrogens (tertiary/aromatic N) is 3. The third-order valence-corrected chi connectivity index (χ3v) is 4.67. The first-order valence-corrected chi connectivity index (χ1v) is 9.51. The van der Waals surface area contributed by atoms with Crippen LogP contribution in [0.4, 0.5) is 5.82 Å². The van der Waals surface area contributed by atoms with Gasteiger partial charge in [0.15, 0.2) is 0 Å². The molecule has 0 spiro atoms. The zero-order chi connectivity index (χ0) is 19.2. The maximum Gasteiger partial charge on any atom is 0.270 e. The van der Waals surface area contributed by atoms with Gasteiger partial charge in [-0.25, -0.2) is 9.97 Å². The number of hydrogen-bond acceptors (Lipinski definition) is 6. The molecule has 0 unspecified atom stereocenters. The highest BCUT2D eigenvalue weighted by Gasteiger charge is 2.11. The third-order valence-electron chi connectivity index (χ3n) is 4.67. The Bertz CT molecular complexity index is 902. The second-order valence-electron chi connectivity index (χ2n) is 6.67. The molecule has 0 atom stereocenters. The molecular weight excluding hydrogens is 356 g/mol. The van der Waals surface area contributed by atoms with Gasteiger partial charge in [-0.2, -0.15) is 0 Å². The van der Waals surface area contributed by atoms with Gasteiger partial charge in [-0.1, -0.05) is 18.2 Å². The lowest BCUT2D eigenvalue weighted by molar-refractivity contribution is 0.0398. The third kappa shape index (κ3) is 4.65. The predicted octanol–water partition coefficient (Wildman–Crippen LogP) is 1.63. The predicted molar refractivity (Wildman–Crippen MR) is 107 cm³/mol. The number of rotatable bonds is 7. The molecule has 3 heterocycles. The molecular formula is C20H24N6O2. The molecule has 0 aliphatic carbocycles. The number of amides is 1. The van der Waals surface area contributed by atoms with E-state index in [9.17, 15) is 4.79 Å². The van der Waals surface area contributed by atoms with Gasteiger partial charge in [-0.05, 0) is 24.3 Å². The Balaban J connectivity index is 1.29. The van der Waals surface area contributed by atoms with Crippen LogP contribution in [0.25, 0.3) is 11.0 Å². The highest BCUT2D eigenvalue weighted by Crippen LogP contribution is 2.10. The lowest BCUT2D eigenvalue weighted by Gasteiger charge is -2.26. The summed E-state index contributed by atoms with van der Waals surface area (Å²) in [7, 11) is 0. The maximum atomic E-state index is 12.4. The van der Waals surface area contributed by atoms with E-state index < -0.39 is 0 Å². The molecule has 1 fully saturated rings. The van der Waals surface area contributed by atoms with Crippen LogP contribution in [0.2, 0.25) is 0 Å². The summed E-state index contributed by atoms with van der Waals surface area (Å²) in [4.78, 5) is 26.9. The second-order valence-corrected chi connectivity index (χ2v) is 6.67. The van der Waals surface area contributed by atoms with Crippen LogP contribution in [-0.2, 0) is 11.3 Å². The van der Waals surface area contributed by atoms with Gasteiger partial charge in [0.1, 0.15) is 17.3 Å². The number of aromatic nitrogens is 3. The lowest BCUT2D eigenvalue weighted by Crippen LogP contribution is -2.39. The zero-order valence-electron chi connectivity index (χ0n) is 15.6. The minimum atomic E-state index is -0.225. The number of para-hydroxylation sites is 2. The quantitative estimate of drug-likeness (QED) is 0.577. The molecule has 146 valence electrons. The van der Waals surface area contributed by atoms with Crippen molar-refractivity contribution in [3.05, 3.63) is 54.0 Å². The van der Waals surface area contributed by atoms with Crippen molar-refractivity contribution in [3.8, 4) is 0 Å². The summed E-state index contributed by atoms with van der Waals surface area (Å²) >= 11 is 0. The van der Waals surface area contributed by atoms with E-state index in [1.807, 2.05) is 36.4 Å². The number of carbonyl (C=O) groups excluding carboxylic acids is 1. The van der Waals surface area contributed by atoms with Crippen LogP contribution >= 0.6 is 0 Å². The molecule has 0 saturated carbocycles. The van der Waals surface area contributed by atoms with Crippen LogP contribution in [0.5, 0.6) is 0 Å². The maximum absolute atomic E-state index is 12.4. The van der Waals surface area contributed by atoms with Crippen LogP contribution in [0.15, 0.2) is 42.5 Å². The number of fused-ring (bicyclic) bond motifs is 1. The average Bonchev–Trinajstić information content (AvgIpc) is 3.16. The summed E-state index contributed by atoms with van der Waals surface area (Å²) < 4.78 is 5.35. The van der Waals surface area contributed by atoms with Crippen molar-refractivity contribution in [2.75, 3.05) is 44.7 Å². The Morgan fingerprint density at radius 3 is 2.82 bits per heavy atom. The van der Waals surface area contributed by atoms with Gasteiger partial charge in [0, 0.05) is 26.2 Å². The smallest absolute Gasteiger partial charge is 0.270 e. The van der Waals surface area contributed by atoms with Crippen molar-refractivity contribution in [2.24, 2.45) is 0 Å². The average molecular weight is 380 g/mol. The van der Waals surface area contributed by atoms with Crippen molar-refractivity contribution in [1.29, 1.82) is 0 Å². The molecule has 4 rings (SSSR count). The van der Waals surface area contributed by atoms with E-state index in [2.05, 4.69) is 30.5 Å². The summed E-state index contributed by atoms with van der Waals surface area (Å²) in [6.45, 7) is 5.52. The molecule has 8 nitrogen and oxygen atoms in total. The summed E-state index contributed by atoms with van der Waals surface area (Å²) in [6, 6.07) is 13.2. The number of aromatic amines is 1. The standard InChI is InChI=1S/C20H24N6O2/c27-20(22-14-19-23-15-4-1-2-5-16(15)24-19)17-6-3-7-18(25-17)21-8-9-26-10-12-28-13-11-26/h1-7H,8-14H2,(H,21,25)(H,22,27)(H,23,24). The fourth-order valence-corrected chi connectivity index (χ4v) is 3.17. The second kappa shape index (κ2) is 8.81. The number of carbonyl (C=O) groups is 1. The normalized spacial score (nSPS) is 14.9. The molecule has 3 N–H and O–H groups in total. The van der Waals surface area contributed by atoms with Crippen molar-refractivity contribution < 1.29 is 9.53 Å². The van der Waals surface area contributed by atoms with Crippen LogP contribution in [-0.4, -0.2) is 65.2 Å². The van der Waals surface area contributed by atoms with Crippen molar-refractivity contribution in [3.63, 3.8) is 0 Å². The molecule has 1 aliphatic heterocycles. The number of imidazole rings is 1. The largest absolute Gasteiger partial charge is 0.379 e. The zero-order valence-corrected chi connectivity index (χ0v) is 15.6. The summed E-state index contributed by atoms with van der Waals surface area (Å²) in [5.74, 6) is 1.19. The fourth-order valence-electron chi connectivity index (χ4n) is 3.17. The topological polar surface area (TPSA) is 95.2 Å². The number of H-pyrrole nitrogens is 1. The van der Waals surface area contributed by atoms with Crippen LogP contribution in [0.3, 0.4) is 0 Å². The van der Waals surface area contributed by atoms with Crippen LogP contribution < -0.4 is 10.6 Å². The van der Waals surface area contributed by atoms with Gasteiger partial charge in [-0.3, -0.25) is 9.69 Å². The molecule has 1 aromatic carbocycles. The van der Waals surface area contributed by atoms with E-state index in [1.54, 1.807) is 6.07 Å². The van der Waals surface area contributed by atoms with Gasteiger partial charge >= 0.3 is 0 Å². The number of hydrogen-bond donors (Lipinski definition) is 3. The number of nitrogens with one attached hydrogen (secondary N) is 3. The minimum absolute atomic E-state index is 0.225. The Kier molecular flexibility index (Phi) is 5.79. The number of ether oxygens (including phenoxy) is 1. The highest BCUT2D eigenvalue weighted by molar-refractivity contribution is 5.92. The van der Waals surface area contributed by atoms with Crippen LogP contribution in [0, 0.1) is 0 Å². The lowest BCUT2D eigenvalue weighted by atomic mass is 10.3. The molecule has 1 saturated heterocycles. The van der Waals surface area contributed by atoms with E-state index in [1.165, 1.54) is 0 Å². The van der Waals surface area contributed by atoms with Crippen LogP contribution in [0.1, 0.15) is 16.3 Å². The summed E-state index contributed by atoms with van der Waals surface area (Å²) in [6.07, 6.45) is 0. The van der Waals surface area contributed by atoms with E-state index in [0.717, 1.165) is 50.4 Å². The Labute approximate surface area is 163 Å². The Morgan fingerprint density at radius 2 is 1.96 bits per heavy atom. The van der Waals surface area contributed by atoms with E-state index in [-0.39, 0.29) is 5.91 Å². The fraction of sp³-hybridized carbons (Fsp3) is 0.350.